The Morgan fingerprint density at radius 2 is 1.48 bits per heavy atom. The van der Waals surface area contributed by atoms with Crippen LogP contribution in [0, 0.1) is 0 Å². The molecule has 10 heteroatoms. The van der Waals surface area contributed by atoms with Crippen molar-refractivity contribution in [1.29, 1.82) is 0 Å². The molecular weight excluding hydrogens is 547 g/mol. The van der Waals surface area contributed by atoms with Gasteiger partial charge in [-0.2, -0.15) is 0 Å². The zero-order valence-electron chi connectivity index (χ0n) is 18.8. The van der Waals surface area contributed by atoms with Crippen LogP contribution in [-0.4, -0.2) is 48.9 Å². The summed E-state index contributed by atoms with van der Waals surface area (Å²) in [5, 5.41) is 7.56. The van der Waals surface area contributed by atoms with Crippen molar-refractivity contribution >= 4 is 34.9 Å². The second-order valence-corrected chi connectivity index (χ2v) is 6.64. The first-order valence-corrected chi connectivity index (χ1v) is 9.38. The molecule has 1 aromatic carbocycles. The third kappa shape index (κ3) is 18.8. The predicted molar refractivity (Wildman–Crippen MR) is 107 cm³/mol. The standard InChI is InChI=1S/C21H28N2O6.2Rb/c1-15(24)4-3-10-29-11-9-22-20(27)14-21(28)23-18-7-5-17(6-8-18)13-19(26)12-16(2)25;;/h5-8H,3-4,9-14H2,1-2H3,(H2,22,23,27,28);;/q;2*+1/p-2. The number of ketones is 3. The van der Waals surface area contributed by atoms with E-state index in [0.29, 0.717) is 25.1 Å². The van der Waals surface area contributed by atoms with Crippen molar-refractivity contribution in [3.05, 3.63) is 40.5 Å². The van der Waals surface area contributed by atoms with Crippen LogP contribution in [0.2, 0.25) is 0 Å². The van der Waals surface area contributed by atoms with Crippen molar-refractivity contribution < 1.29 is 145 Å². The predicted octanol–water partition coefficient (Wildman–Crippen LogP) is -3.01. The molecule has 0 radical (unpaired) electrons. The molecule has 0 unspecified atom stereocenters. The van der Waals surface area contributed by atoms with Gasteiger partial charge in [0.25, 0.3) is 0 Å². The van der Waals surface area contributed by atoms with Crippen molar-refractivity contribution in [3.8, 4) is 0 Å². The van der Waals surface area contributed by atoms with E-state index in [2.05, 4.69) is 10.6 Å². The summed E-state index contributed by atoms with van der Waals surface area (Å²) in [4.78, 5) is 56.8. The molecule has 158 valence electrons. The van der Waals surface area contributed by atoms with Gasteiger partial charge >= 0.3 is 116 Å². The fourth-order valence-corrected chi connectivity index (χ4v) is 2.39. The van der Waals surface area contributed by atoms with Crippen LogP contribution in [0.25, 0.3) is 10.6 Å². The van der Waals surface area contributed by atoms with Gasteiger partial charge in [0.2, 0.25) is 0 Å². The first-order valence-electron chi connectivity index (χ1n) is 9.38. The summed E-state index contributed by atoms with van der Waals surface area (Å²) in [6.07, 6.45) is 0.705. The quantitative estimate of drug-likeness (QED) is 0.173. The Morgan fingerprint density at radius 3 is 2.06 bits per heavy atom. The maximum atomic E-state index is 11.8. The summed E-state index contributed by atoms with van der Waals surface area (Å²) in [5.41, 5.74) is 1.09. The van der Waals surface area contributed by atoms with Gasteiger partial charge in [-0.3, -0.25) is 9.59 Å². The molecule has 0 fully saturated rings. The fourth-order valence-electron chi connectivity index (χ4n) is 2.39. The molecule has 2 amide bonds. The normalized spacial score (nSPS) is 9.61. The monoisotopic (exact) mass is 572 g/mol. The minimum absolute atomic E-state index is 0. The van der Waals surface area contributed by atoms with Crippen LogP contribution < -0.4 is 116 Å². The molecule has 0 heterocycles. The van der Waals surface area contributed by atoms with Crippen LogP contribution in [0.15, 0.2) is 24.3 Å². The van der Waals surface area contributed by atoms with Gasteiger partial charge in [-0.25, -0.2) is 0 Å². The van der Waals surface area contributed by atoms with Gasteiger partial charge in [0.1, 0.15) is 17.3 Å². The van der Waals surface area contributed by atoms with Crippen molar-refractivity contribution in [3.63, 3.8) is 0 Å². The van der Waals surface area contributed by atoms with Crippen LogP contribution in [-0.2, 0) is 35.1 Å². The summed E-state index contributed by atoms with van der Waals surface area (Å²) in [7, 11) is 0. The average Bonchev–Trinajstić information content (AvgIpc) is 2.61. The summed E-state index contributed by atoms with van der Waals surface area (Å²) in [5.74, 6) is -1.43. The number of nitrogens with zero attached hydrogens (tertiary/aromatic N) is 2. The van der Waals surface area contributed by atoms with Gasteiger partial charge in [-0.15, -0.1) is 12.2 Å². The van der Waals surface area contributed by atoms with Crippen LogP contribution >= 0.6 is 0 Å². The average molecular weight is 573 g/mol. The number of hydrogen-bond acceptors (Lipinski definition) is 6. The summed E-state index contributed by atoms with van der Waals surface area (Å²) in [6.45, 7) is 3.70. The minimum atomic E-state index is -0.610. The van der Waals surface area contributed by atoms with Crippen LogP contribution in [0.5, 0.6) is 0 Å². The van der Waals surface area contributed by atoms with E-state index >= 15 is 0 Å². The molecule has 0 aromatic heterocycles. The van der Waals surface area contributed by atoms with E-state index in [1.54, 1.807) is 24.3 Å². The maximum absolute atomic E-state index is 11.8. The molecule has 1 aromatic rings. The van der Waals surface area contributed by atoms with E-state index in [1.165, 1.54) is 13.8 Å². The maximum Gasteiger partial charge on any atom is 1.00 e. The van der Waals surface area contributed by atoms with Gasteiger partial charge in [0, 0.05) is 32.5 Å². The van der Waals surface area contributed by atoms with E-state index in [1.807, 2.05) is 0 Å². The second-order valence-electron chi connectivity index (χ2n) is 6.64. The molecule has 1 rings (SSSR count). The number of rotatable bonds is 14. The van der Waals surface area contributed by atoms with Crippen molar-refractivity contribution in [1.82, 2.24) is 0 Å². The number of amides is 2. The summed E-state index contributed by atoms with van der Waals surface area (Å²) in [6, 6.07) is 6.45. The third-order valence-corrected chi connectivity index (χ3v) is 3.68. The summed E-state index contributed by atoms with van der Waals surface area (Å²) < 4.78 is 5.25. The molecule has 0 bridgehead atoms. The van der Waals surface area contributed by atoms with E-state index in [0.717, 1.165) is 5.56 Å². The van der Waals surface area contributed by atoms with Crippen molar-refractivity contribution in [2.45, 2.75) is 46.0 Å². The molecule has 0 aliphatic rings. The summed E-state index contributed by atoms with van der Waals surface area (Å²) >= 11 is 0. The zero-order chi connectivity index (χ0) is 21.6. The smallest absolute Gasteiger partial charge is 0.651 e. The first kappa shape index (κ1) is 33.9. The molecule has 0 saturated heterocycles. The first-order chi connectivity index (χ1) is 13.8. The molecule has 0 N–H and O–H groups in total. The topological polar surface area (TPSA) is 123 Å². The van der Waals surface area contributed by atoms with Crippen molar-refractivity contribution in [2.24, 2.45) is 0 Å². The van der Waals surface area contributed by atoms with E-state index in [-0.39, 0.29) is 160 Å². The van der Waals surface area contributed by atoms with Gasteiger partial charge < -0.3 is 29.8 Å². The fraction of sp³-hybridized carbons (Fsp3) is 0.476. The number of carbonyl (C=O) groups is 5. The minimum Gasteiger partial charge on any atom is -0.651 e. The Balaban J connectivity index is 0. The Bertz CT molecular complexity index is 738. The Hall–Kier alpha value is 0.740. The largest absolute Gasteiger partial charge is 1.00 e. The second kappa shape index (κ2) is 20.1. The Labute approximate surface area is 281 Å². The molecule has 0 spiro atoms. The molecule has 0 aliphatic heterocycles. The van der Waals surface area contributed by atoms with Crippen molar-refractivity contribution in [2.75, 3.05) is 19.8 Å². The van der Waals surface area contributed by atoms with E-state index in [9.17, 15) is 24.0 Å². The molecule has 8 nitrogen and oxygen atoms in total. The number of Topliss-reactive ketones (excluding diaryl/α,β-unsaturated/α-hetero) is 3. The molecule has 31 heavy (non-hydrogen) atoms. The van der Waals surface area contributed by atoms with E-state index < -0.39 is 18.2 Å². The molecule has 0 aliphatic carbocycles. The number of hydrogen-bond donors (Lipinski definition) is 0. The van der Waals surface area contributed by atoms with Crippen LogP contribution in [0.3, 0.4) is 0 Å². The molecule has 0 atom stereocenters. The Morgan fingerprint density at radius 1 is 0.839 bits per heavy atom. The van der Waals surface area contributed by atoms with Gasteiger partial charge in [0.05, 0.1) is 18.2 Å². The molecule has 0 saturated carbocycles. The zero-order valence-corrected chi connectivity index (χ0v) is 28.6. The Kier molecular flexibility index (Phi) is 22.0. The van der Waals surface area contributed by atoms with Gasteiger partial charge in [-0.1, -0.05) is 24.3 Å². The van der Waals surface area contributed by atoms with E-state index in [4.69, 9.17) is 4.74 Å². The third-order valence-electron chi connectivity index (χ3n) is 3.68. The SMILES string of the molecule is CC(=O)CCCOCC[N-]C(=O)CC(=O)[N-]c1ccc(CC(=O)CC(C)=O)cc1.[Rb+].[Rb+]. The number of benzene rings is 1. The van der Waals surface area contributed by atoms with Crippen LogP contribution in [0.4, 0.5) is 5.69 Å². The van der Waals surface area contributed by atoms with Gasteiger partial charge in [-0.05, 0) is 25.8 Å². The molecular formula is C21H26N2O6Rb2. The number of ether oxygens (including phenoxy) is 1. The van der Waals surface area contributed by atoms with Crippen LogP contribution in [0.1, 0.15) is 45.1 Å². The van der Waals surface area contributed by atoms with Gasteiger partial charge in [0.15, 0.2) is 0 Å². The number of carbonyl (C=O) groups excluding carboxylic acids is 5.